The first-order valence-electron chi connectivity index (χ1n) is 9.81. The maximum absolute atomic E-state index is 12.5. The summed E-state index contributed by atoms with van der Waals surface area (Å²) in [6.07, 6.45) is 2.66. The van der Waals surface area contributed by atoms with Gasteiger partial charge in [-0.05, 0) is 64.8 Å². The number of nitrogens with zero attached hydrogens (tertiary/aromatic N) is 1. The molecular weight excluding hydrogens is 342 g/mol. The molecular formula is C21H30N3O3. The Morgan fingerprint density at radius 2 is 2.15 bits per heavy atom. The molecule has 1 radical (unpaired) electrons. The van der Waals surface area contributed by atoms with Crippen molar-refractivity contribution in [2.75, 3.05) is 13.1 Å². The Balaban J connectivity index is 1.32. The predicted octanol–water partition coefficient (Wildman–Crippen LogP) is 2.65. The molecule has 2 aromatic rings. The van der Waals surface area contributed by atoms with Crippen LogP contribution in [-0.2, 0) is 11.6 Å². The van der Waals surface area contributed by atoms with Crippen molar-refractivity contribution in [2.45, 2.75) is 63.8 Å². The van der Waals surface area contributed by atoms with Gasteiger partial charge in [0, 0.05) is 46.7 Å². The molecule has 6 heteroatoms. The third-order valence-electron chi connectivity index (χ3n) is 6.43. The molecule has 1 saturated heterocycles. The quantitative estimate of drug-likeness (QED) is 0.754. The van der Waals surface area contributed by atoms with E-state index in [9.17, 15) is 10.3 Å². The Hall–Kier alpha value is -1.60. The Morgan fingerprint density at radius 1 is 1.37 bits per heavy atom. The summed E-state index contributed by atoms with van der Waals surface area (Å²) in [7, 11) is 0. The van der Waals surface area contributed by atoms with Gasteiger partial charge in [0.05, 0.1) is 0 Å². The summed E-state index contributed by atoms with van der Waals surface area (Å²) in [5, 5.41) is 28.8. The predicted molar refractivity (Wildman–Crippen MR) is 104 cm³/mol. The van der Waals surface area contributed by atoms with Crippen molar-refractivity contribution in [2.24, 2.45) is 5.92 Å². The second-order valence-corrected chi connectivity index (χ2v) is 9.27. The molecule has 0 saturated carbocycles. The third kappa shape index (κ3) is 3.25. The number of aliphatic hydroxyl groups is 1. The van der Waals surface area contributed by atoms with Gasteiger partial charge in [0.2, 0.25) is 0 Å². The zero-order valence-electron chi connectivity index (χ0n) is 16.6. The molecule has 3 unspecified atom stereocenters. The van der Waals surface area contributed by atoms with Crippen LogP contribution in [0.5, 0.6) is 5.75 Å². The van der Waals surface area contributed by atoms with Crippen molar-refractivity contribution < 1.29 is 15.1 Å². The fourth-order valence-electron chi connectivity index (χ4n) is 4.77. The van der Waals surface area contributed by atoms with Crippen molar-refractivity contribution in [3.05, 3.63) is 30.0 Å². The number of aromatic nitrogens is 1. The maximum atomic E-state index is 12.5. The molecule has 1 fully saturated rings. The van der Waals surface area contributed by atoms with E-state index in [1.807, 2.05) is 46.0 Å². The number of ether oxygens (including phenoxy) is 1. The van der Waals surface area contributed by atoms with Crippen LogP contribution in [0.25, 0.3) is 10.9 Å². The largest absolute Gasteiger partial charge is 0.487 e. The van der Waals surface area contributed by atoms with Crippen LogP contribution >= 0.6 is 0 Å². The fourth-order valence-corrected chi connectivity index (χ4v) is 4.77. The molecule has 1 aromatic heterocycles. The van der Waals surface area contributed by atoms with Crippen LogP contribution < -0.4 is 10.1 Å². The summed E-state index contributed by atoms with van der Waals surface area (Å²) in [6, 6.07) is 6.17. The fraction of sp³-hybridized carbons (Fsp3) is 0.619. The van der Waals surface area contributed by atoms with E-state index in [2.05, 4.69) is 16.4 Å². The van der Waals surface area contributed by atoms with Crippen LogP contribution in [0.15, 0.2) is 24.4 Å². The summed E-state index contributed by atoms with van der Waals surface area (Å²) in [6.45, 7) is 9.20. The lowest BCUT2D eigenvalue weighted by molar-refractivity contribution is -0.248. The van der Waals surface area contributed by atoms with Crippen molar-refractivity contribution in [3.63, 3.8) is 0 Å². The minimum absolute atomic E-state index is 0.233. The number of hydrogen-bond donors (Lipinski definition) is 3. The number of aliphatic hydroxyl groups excluding tert-OH is 1. The van der Waals surface area contributed by atoms with E-state index in [0.29, 0.717) is 13.0 Å². The van der Waals surface area contributed by atoms with Gasteiger partial charge in [-0.1, -0.05) is 0 Å². The van der Waals surface area contributed by atoms with Gasteiger partial charge in [0.1, 0.15) is 18.0 Å². The number of hydrogen-bond acceptors (Lipinski definition) is 4. The van der Waals surface area contributed by atoms with Crippen LogP contribution in [0, 0.1) is 5.92 Å². The van der Waals surface area contributed by atoms with E-state index < -0.39 is 11.6 Å². The number of nitrogens with one attached hydrogen (secondary N) is 2. The van der Waals surface area contributed by atoms with E-state index >= 15 is 0 Å². The van der Waals surface area contributed by atoms with Gasteiger partial charge in [-0.3, -0.25) is 0 Å². The number of benzene rings is 1. The monoisotopic (exact) mass is 372 g/mol. The minimum Gasteiger partial charge on any atom is -0.487 e. The van der Waals surface area contributed by atoms with Crippen molar-refractivity contribution in [3.8, 4) is 5.75 Å². The highest BCUT2D eigenvalue weighted by atomic mass is 16.5. The summed E-state index contributed by atoms with van der Waals surface area (Å²) in [5.41, 5.74) is 1.49. The van der Waals surface area contributed by atoms with Crippen LogP contribution in [0.3, 0.4) is 0 Å². The molecule has 3 N–H and O–H groups in total. The zero-order valence-corrected chi connectivity index (χ0v) is 16.6. The second-order valence-electron chi connectivity index (χ2n) is 9.27. The van der Waals surface area contributed by atoms with Gasteiger partial charge < -0.3 is 20.1 Å². The molecule has 2 aliphatic heterocycles. The lowest BCUT2D eigenvalue weighted by atomic mass is 9.87. The number of hydroxylamine groups is 2. The standard InChI is InChI=1S/C21H30N3O3/c1-20(2)10-15(21(3,4)24(20)26)11-22-12-17(25)19-9-14-7-16-13(5-6-23-16)8-18(14)27-19/h5-8,15,17,19,22-23,25H,9-12H2,1-4H3. The first kappa shape index (κ1) is 18.7. The van der Waals surface area contributed by atoms with Gasteiger partial charge >= 0.3 is 0 Å². The highest BCUT2D eigenvalue weighted by Crippen LogP contribution is 2.43. The topological polar surface area (TPSA) is 80.4 Å². The van der Waals surface area contributed by atoms with E-state index in [1.165, 1.54) is 5.06 Å². The molecule has 0 spiro atoms. The molecule has 0 amide bonds. The highest BCUT2D eigenvalue weighted by molar-refractivity contribution is 5.82. The molecule has 27 heavy (non-hydrogen) atoms. The molecule has 6 nitrogen and oxygen atoms in total. The van der Waals surface area contributed by atoms with E-state index in [-0.39, 0.29) is 17.6 Å². The average Bonchev–Trinajstić information content (AvgIpc) is 3.26. The molecule has 3 atom stereocenters. The molecule has 1 aromatic carbocycles. The number of fused-ring (bicyclic) bond motifs is 2. The summed E-state index contributed by atoms with van der Waals surface area (Å²) >= 11 is 0. The first-order valence-corrected chi connectivity index (χ1v) is 9.81. The van der Waals surface area contributed by atoms with Crippen LogP contribution in [-0.4, -0.2) is 51.5 Å². The molecule has 2 aliphatic rings. The highest BCUT2D eigenvalue weighted by Gasteiger charge is 2.52. The van der Waals surface area contributed by atoms with Gasteiger partial charge in [0.15, 0.2) is 0 Å². The van der Waals surface area contributed by atoms with Crippen LogP contribution in [0.4, 0.5) is 0 Å². The molecule has 0 aliphatic carbocycles. The first-order chi connectivity index (χ1) is 12.7. The van der Waals surface area contributed by atoms with E-state index in [1.54, 1.807) is 0 Å². The Morgan fingerprint density at radius 3 is 2.85 bits per heavy atom. The van der Waals surface area contributed by atoms with Gasteiger partial charge in [-0.25, -0.2) is 0 Å². The number of rotatable bonds is 5. The normalized spacial score (nSPS) is 27.6. The Kier molecular flexibility index (Phi) is 4.50. The van der Waals surface area contributed by atoms with Crippen LogP contribution in [0.2, 0.25) is 0 Å². The molecule has 0 bridgehead atoms. The maximum Gasteiger partial charge on any atom is 0.130 e. The van der Waals surface area contributed by atoms with Gasteiger partial charge in [-0.15, -0.1) is 10.3 Å². The van der Waals surface area contributed by atoms with E-state index in [0.717, 1.165) is 35.2 Å². The Labute approximate surface area is 160 Å². The molecule has 147 valence electrons. The summed E-state index contributed by atoms with van der Waals surface area (Å²) in [4.78, 5) is 3.22. The number of H-pyrrole nitrogens is 1. The third-order valence-corrected chi connectivity index (χ3v) is 6.43. The zero-order chi connectivity index (χ0) is 19.4. The molecule has 3 heterocycles. The second kappa shape index (κ2) is 6.48. The Bertz CT molecular complexity index is 789. The molecule has 4 rings (SSSR count). The summed E-state index contributed by atoms with van der Waals surface area (Å²) < 4.78 is 6.00. The lowest BCUT2D eigenvalue weighted by Gasteiger charge is -2.34. The van der Waals surface area contributed by atoms with Gasteiger partial charge in [0.25, 0.3) is 0 Å². The number of aromatic amines is 1. The smallest absolute Gasteiger partial charge is 0.130 e. The van der Waals surface area contributed by atoms with Crippen LogP contribution in [0.1, 0.15) is 39.7 Å². The van der Waals surface area contributed by atoms with Gasteiger partial charge in [-0.2, -0.15) is 0 Å². The summed E-state index contributed by atoms with van der Waals surface area (Å²) in [5.74, 6) is 1.12. The average molecular weight is 372 g/mol. The van der Waals surface area contributed by atoms with Crippen molar-refractivity contribution in [1.82, 2.24) is 15.4 Å². The SMILES string of the molecule is CC1(C)CC(CNCC(O)C2Cc3cc4[nH]ccc4cc3O2)C(C)(C)N1[O]. The van der Waals surface area contributed by atoms with Crippen molar-refractivity contribution >= 4 is 10.9 Å². The van der Waals surface area contributed by atoms with E-state index in [4.69, 9.17) is 4.74 Å². The lowest BCUT2D eigenvalue weighted by Crippen LogP contribution is -2.48. The van der Waals surface area contributed by atoms with Crippen molar-refractivity contribution in [1.29, 1.82) is 0 Å². The minimum atomic E-state index is -0.586.